The Balaban J connectivity index is 1.66. The molecule has 1 aromatic heterocycles. The highest BCUT2D eigenvalue weighted by molar-refractivity contribution is 7.99. The number of hydrogen-bond donors (Lipinski definition) is 0. The number of para-hydroxylation sites is 1. The molecule has 5 nitrogen and oxygen atoms in total. The molecule has 4 rings (SSSR count). The van der Waals surface area contributed by atoms with Gasteiger partial charge in [0.15, 0.2) is 0 Å². The maximum absolute atomic E-state index is 13.1. The van der Waals surface area contributed by atoms with Gasteiger partial charge in [-0.2, -0.15) is 0 Å². The first kappa shape index (κ1) is 17.7. The molecule has 1 atom stereocenters. The zero-order chi connectivity index (χ0) is 19.0. The summed E-state index contributed by atoms with van der Waals surface area (Å²) in [6.45, 7) is 0.607. The van der Waals surface area contributed by atoms with Gasteiger partial charge in [0.1, 0.15) is 16.5 Å². The molecule has 27 heavy (non-hydrogen) atoms. The number of amides is 1. The lowest BCUT2D eigenvalue weighted by Gasteiger charge is -2.24. The highest BCUT2D eigenvalue weighted by atomic mass is 32.2. The van der Waals surface area contributed by atoms with Crippen molar-refractivity contribution in [2.75, 3.05) is 31.3 Å². The molecular formula is C21H20N2O3S. The van der Waals surface area contributed by atoms with Gasteiger partial charge in [-0.1, -0.05) is 30.3 Å². The molecule has 0 N–H and O–H groups in total. The fourth-order valence-corrected chi connectivity index (χ4v) is 4.51. The smallest absolute Gasteiger partial charge is 0.349 e. The van der Waals surface area contributed by atoms with Crippen LogP contribution < -0.4 is 10.5 Å². The number of anilines is 1. The Kier molecular flexibility index (Phi) is 4.66. The number of carbonyl (C=O) groups excluding carboxylic acids is 1. The van der Waals surface area contributed by atoms with E-state index < -0.39 is 5.63 Å². The molecule has 1 fully saturated rings. The van der Waals surface area contributed by atoms with E-state index in [1.165, 1.54) is 0 Å². The largest absolute Gasteiger partial charge is 0.422 e. The summed E-state index contributed by atoms with van der Waals surface area (Å²) in [5, 5.41) is 0.652. The van der Waals surface area contributed by atoms with E-state index in [2.05, 4.69) is 0 Å². The van der Waals surface area contributed by atoms with Gasteiger partial charge in [0, 0.05) is 37.5 Å². The molecule has 1 amide bonds. The fourth-order valence-electron chi connectivity index (χ4n) is 3.26. The average molecular weight is 380 g/mol. The molecule has 0 spiro atoms. The lowest BCUT2D eigenvalue weighted by molar-refractivity contribution is 0.0756. The minimum atomic E-state index is -0.586. The maximum Gasteiger partial charge on any atom is 0.349 e. The van der Waals surface area contributed by atoms with Crippen LogP contribution in [0.5, 0.6) is 0 Å². The summed E-state index contributed by atoms with van der Waals surface area (Å²) in [7, 11) is 3.99. The van der Waals surface area contributed by atoms with Crippen LogP contribution in [-0.2, 0) is 0 Å². The summed E-state index contributed by atoms with van der Waals surface area (Å²) in [5.41, 5.74) is 2.16. The van der Waals surface area contributed by atoms with E-state index in [9.17, 15) is 9.59 Å². The van der Waals surface area contributed by atoms with Gasteiger partial charge in [0.25, 0.3) is 5.91 Å². The average Bonchev–Trinajstić information content (AvgIpc) is 3.16. The summed E-state index contributed by atoms with van der Waals surface area (Å²) in [6, 6.07) is 17.0. The molecule has 0 aliphatic carbocycles. The number of fused-ring (bicyclic) bond motifs is 1. The van der Waals surface area contributed by atoms with Crippen LogP contribution in [0.4, 0.5) is 5.69 Å². The van der Waals surface area contributed by atoms with E-state index in [-0.39, 0.29) is 16.8 Å². The number of benzene rings is 2. The molecular weight excluding hydrogens is 360 g/mol. The molecule has 0 bridgehead atoms. The van der Waals surface area contributed by atoms with Gasteiger partial charge in [0.05, 0.1) is 0 Å². The van der Waals surface area contributed by atoms with Crippen molar-refractivity contribution in [3.05, 3.63) is 76.1 Å². The summed E-state index contributed by atoms with van der Waals surface area (Å²) < 4.78 is 5.34. The number of carbonyl (C=O) groups is 1. The van der Waals surface area contributed by atoms with Crippen LogP contribution in [0.3, 0.4) is 0 Å². The minimum Gasteiger partial charge on any atom is -0.422 e. The summed E-state index contributed by atoms with van der Waals surface area (Å²) >= 11 is 1.71. The van der Waals surface area contributed by atoms with Gasteiger partial charge in [-0.25, -0.2) is 4.79 Å². The van der Waals surface area contributed by atoms with Gasteiger partial charge in [-0.3, -0.25) is 4.79 Å². The molecule has 1 aliphatic heterocycles. The topological polar surface area (TPSA) is 53.8 Å². The molecule has 3 aromatic rings. The van der Waals surface area contributed by atoms with Crippen LogP contribution in [0.25, 0.3) is 11.0 Å². The predicted molar refractivity (Wildman–Crippen MR) is 109 cm³/mol. The van der Waals surface area contributed by atoms with Crippen LogP contribution in [0, 0.1) is 0 Å². The molecule has 2 heterocycles. The lowest BCUT2D eigenvalue weighted by atomic mass is 10.1. The minimum absolute atomic E-state index is 0.0890. The molecule has 138 valence electrons. The molecule has 1 saturated heterocycles. The fraction of sp³-hybridized carbons (Fsp3) is 0.238. The molecule has 6 heteroatoms. The van der Waals surface area contributed by atoms with E-state index in [1.807, 2.05) is 55.4 Å². The van der Waals surface area contributed by atoms with Crippen molar-refractivity contribution in [2.24, 2.45) is 0 Å². The predicted octanol–water partition coefficient (Wildman–Crippen LogP) is 3.75. The third kappa shape index (κ3) is 3.32. The van der Waals surface area contributed by atoms with Crippen molar-refractivity contribution in [2.45, 2.75) is 5.37 Å². The zero-order valence-corrected chi connectivity index (χ0v) is 16.0. The van der Waals surface area contributed by atoms with Crippen molar-refractivity contribution >= 4 is 34.3 Å². The number of nitrogens with zero attached hydrogens (tertiary/aromatic N) is 2. The Bertz CT molecular complexity index is 1040. The number of thioether (sulfide) groups is 1. The van der Waals surface area contributed by atoms with Gasteiger partial charge < -0.3 is 14.2 Å². The molecule has 0 unspecified atom stereocenters. The van der Waals surface area contributed by atoms with E-state index in [1.54, 1.807) is 34.9 Å². The maximum atomic E-state index is 13.1. The normalized spacial score (nSPS) is 16.7. The SMILES string of the molecule is CN(C)c1ccc([C@@H]2SCCN2C(=O)c2cc3ccccc3oc2=O)cc1. The molecule has 2 aromatic carbocycles. The first-order chi connectivity index (χ1) is 13.0. The summed E-state index contributed by atoms with van der Waals surface area (Å²) in [5.74, 6) is 0.561. The van der Waals surface area contributed by atoms with Gasteiger partial charge in [-0.15, -0.1) is 11.8 Å². The molecule has 0 radical (unpaired) electrons. The monoisotopic (exact) mass is 380 g/mol. The van der Waals surface area contributed by atoms with Crippen LogP contribution in [0.2, 0.25) is 0 Å². The van der Waals surface area contributed by atoms with E-state index in [0.29, 0.717) is 12.1 Å². The molecule has 1 aliphatic rings. The van der Waals surface area contributed by atoms with Gasteiger partial charge in [0.2, 0.25) is 0 Å². The van der Waals surface area contributed by atoms with Crippen molar-refractivity contribution in [3.63, 3.8) is 0 Å². The lowest BCUT2D eigenvalue weighted by Crippen LogP contribution is -2.33. The first-order valence-corrected chi connectivity index (χ1v) is 9.82. The Morgan fingerprint density at radius 1 is 1.15 bits per heavy atom. The third-order valence-corrected chi connectivity index (χ3v) is 5.98. The van der Waals surface area contributed by atoms with Crippen LogP contribution in [0.15, 0.2) is 63.8 Å². The Hall–Kier alpha value is -2.73. The second-order valence-electron chi connectivity index (χ2n) is 6.69. The quantitative estimate of drug-likeness (QED) is 0.648. The standard InChI is InChI=1S/C21H20N2O3S/c1-22(2)16-9-7-14(8-10-16)20-23(11-12-27-20)19(24)17-13-15-5-3-4-6-18(15)26-21(17)25/h3-10,13,20H,11-12H2,1-2H3/t20-/m0/s1. The van der Waals surface area contributed by atoms with Gasteiger partial charge in [-0.05, 0) is 29.8 Å². The van der Waals surface area contributed by atoms with Crippen molar-refractivity contribution in [3.8, 4) is 0 Å². The molecule has 0 saturated carbocycles. The Morgan fingerprint density at radius 3 is 2.63 bits per heavy atom. The first-order valence-electron chi connectivity index (χ1n) is 8.77. The van der Waals surface area contributed by atoms with E-state index >= 15 is 0 Å². The zero-order valence-electron chi connectivity index (χ0n) is 15.2. The summed E-state index contributed by atoms with van der Waals surface area (Å²) in [4.78, 5) is 29.3. The summed E-state index contributed by atoms with van der Waals surface area (Å²) in [6.07, 6.45) is 0. The highest BCUT2D eigenvalue weighted by Gasteiger charge is 2.32. The van der Waals surface area contributed by atoms with Crippen molar-refractivity contribution < 1.29 is 9.21 Å². The third-order valence-electron chi connectivity index (χ3n) is 4.72. The number of rotatable bonds is 3. The Labute approximate surface area is 161 Å². The van der Waals surface area contributed by atoms with Crippen LogP contribution in [-0.4, -0.2) is 37.2 Å². The second-order valence-corrected chi connectivity index (χ2v) is 7.88. The Morgan fingerprint density at radius 2 is 1.89 bits per heavy atom. The van der Waals surface area contributed by atoms with Gasteiger partial charge >= 0.3 is 5.63 Å². The van der Waals surface area contributed by atoms with Crippen LogP contribution >= 0.6 is 11.8 Å². The highest BCUT2D eigenvalue weighted by Crippen LogP contribution is 2.39. The van der Waals surface area contributed by atoms with Crippen molar-refractivity contribution in [1.82, 2.24) is 4.90 Å². The van der Waals surface area contributed by atoms with E-state index in [4.69, 9.17) is 4.42 Å². The van der Waals surface area contributed by atoms with E-state index in [0.717, 1.165) is 22.4 Å². The van der Waals surface area contributed by atoms with Crippen molar-refractivity contribution in [1.29, 1.82) is 0 Å². The second kappa shape index (κ2) is 7.12. The van der Waals surface area contributed by atoms with Crippen LogP contribution in [0.1, 0.15) is 21.3 Å². The number of hydrogen-bond acceptors (Lipinski definition) is 5.